The van der Waals surface area contributed by atoms with E-state index in [1.54, 1.807) is 19.1 Å². The molecule has 0 bridgehead atoms. The molecule has 3 heterocycles. The lowest BCUT2D eigenvalue weighted by Gasteiger charge is -2.25. The van der Waals surface area contributed by atoms with Gasteiger partial charge in [0.2, 0.25) is 17.7 Å². The highest BCUT2D eigenvalue weighted by atomic mass is 16.4. The molecule has 14 nitrogen and oxygen atoms in total. The standard InChI is InChI=1S/C19H25N9O5/c1-3-10(2)15(23-19(32)33)18(31)22-9-14(29)28-12(7-11-5-4-6-20-16(11)28)17(30)21-8-13-24-26-27-25-13/h4-6,10,12,15,23H,3,7-9H2,1-2H3,(H,21,30)(H,22,31)(H,32,33)(H,24,25,26,27)/t10-,12-,15-/m0/s1. The Morgan fingerprint density at radius 2 is 2.09 bits per heavy atom. The van der Waals surface area contributed by atoms with Gasteiger partial charge in [0.05, 0.1) is 13.1 Å². The molecular formula is C19H25N9O5. The minimum Gasteiger partial charge on any atom is -0.465 e. The summed E-state index contributed by atoms with van der Waals surface area (Å²) in [6, 6.07) is 1.58. The van der Waals surface area contributed by atoms with E-state index in [4.69, 9.17) is 5.11 Å². The number of H-pyrrole nitrogens is 1. The number of hydrogen-bond acceptors (Lipinski definition) is 8. The lowest BCUT2D eigenvalue weighted by atomic mass is 9.98. The van der Waals surface area contributed by atoms with Gasteiger partial charge in [-0.25, -0.2) is 9.78 Å². The van der Waals surface area contributed by atoms with Crippen molar-refractivity contribution in [1.29, 1.82) is 0 Å². The summed E-state index contributed by atoms with van der Waals surface area (Å²) in [6.07, 6.45) is 0.973. The van der Waals surface area contributed by atoms with Crippen molar-refractivity contribution in [2.45, 2.75) is 45.3 Å². The number of carboxylic acid groups (broad SMARTS) is 1. The fraction of sp³-hybridized carbons (Fsp3) is 0.474. The van der Waals surface area contributed by atoms with E-state index in [0.29, 0.717) is 17.8 Å². The number of carbonyl (C=O) groups is 4. The number of nitrogens with zero attached hydrogens (tertiary/aromatic N) is 5. The number of carbonyl (C=O) groups excluding carboxylic acids is 3. The summed E-state index contributed by atoms with van der Waals surface area (Å²) in [7, 11) is 0. The molecule has 3 rings (SSSR count). The molecule has 3 atom stereocenters. The van der Waals surface area contributed by atoms with Gasteiger partial charge in [-0.3, -0.25) is 19.3 Å². The van der Waals surface area contributed by atoms with Crippen molar-refractivity contribution in [2.75, 3.05) is 11.4 Å². The predicted molar refractivity (Wildman–Crippen MR) is 113 cm³/mol. The summed E-state index contributed by atoms with van der Waals surface area (Å²) < 4.78 is 0. The smallest absolute Gasteiger partial charge is 0.405 e. The van der Waals surface area contributed by atoms with Gasteiger partial charge in [-0.2, -0.15) is 5.21 Å². The van der Waals surface area contributed by atoms with Crippen LogP contribution in [0.15, 0.2) is 18.3 Å². The number of aromatic amines is 1. The fourth-order valence-corrected chi connectivity index (χ4v) is 3.49. The normalized spacial score (nSPS) is 16.4. The monoisotopic (exact) mass is 459 g/mol. The summed E-state index contributed by atoms with van der Waals surface area (Å²) in [6.45, 7) is 3.14. The quantitative estimate of drug-likeness (QED) is 0.311. The Bertz CT molecular complexity index is 1010. The highest BCUT2D eigenvalue weighted by Crippen LogP contribution is 2.30. The Morgan fingerprint density at radius 1 is 1.30 bits per heavy atom. The van der Waals surface area contributed by atoms with Crippen LogP contribution in [0.3, 0.4) is 0 Å². The van der Waals surface area contributed by atoms with Crippen LogP contribution in [-0.4, -0.2) is 73.2 Å². The molecule has 5 N–H and O–H groups in total. The van der Waals surface area contributed by atoms with Gasteiger partial charge in [-0.1, -0.05) is 31.5 Å². The first kappa shape index (κ1) is 23.6. The van der Waals surface area contributed by atoms with Crippen LogP contribution >= 0.6 is 0 Å². The van der Waals surface area contributed by atoms with E-state index in [1.807, 2.05) is 6.92 Å². The Hall–Kier alpha value is -4.10. The second-order valence-corrected chi connectivity index (χ2v) is 7.55. The average Bonchev–Trinajstić information content (AvgIpc) is 3.46. The summed E-state index contributed by atoms with van der Waals surface area (Å²) in [5.74, 6) is -1.29. The second-order valence-electron chi connectivity index (χ2n) is 7.55. The van der Waals surface area contributed by atoms with Gasteiger partial charge in [-0.15, -0.1) is 10.2 Å². The maximum atomic E-state index is 13.1. The second kappa shape index (κ2) is 10.5. The number of anilines is 1. The number of nitrogens with one attached hydrogen (secondary N) is 4. The van der Waals surface area contributed by atoms with Crippen molar-refractivity contribution in [1.82, 2.24) is 41.6 Å². The van der Waals surface area contributed by atoms with Gasteiger partial charge < -0.3 is 21.1 Å². The van der Waals surface area contributed by atoms with Crippen LogP contribution in [-0.2, 0) is 27.3 Å². The van der Waals surface area contributed by atoms with Gasteiger partial charge >= 0.3 is 6.09 Å². The number of aromatic nitrogens is 5. The van der Waals surface area contributed by atoms with E-state index in [1.165, 1.54) is 11.1 Å². The number of amides is 4. The number of pyridine rings is 1. The largest absolute Gasteiger partial charge is 0.465 e. The molecule has 2 aromatic rings. The van der Waals surface area contributed by atoms with E-state index in [9.17, 15) is 19.2 Å². The molecule has 33 heavy (non-hydrogen) atoms. The molecule has 0 fully saturated rings. The zero-order chi connectivity index (χ0) is 24.0. The lowest BCUT2D eigenvalue weighted by molar-refractivity contribution is -0.128. The predicted octanol–water partition coefficient (Wildman–Crippen LogP) is -1.03. The molecule has 1 aliphatic heterocycles. The molecule has 0 spiro atoms. The average molecular weight is 459 g/mol. The minimum absolute atomic E-state index is 0.0197. The van der Waals surface area contributed by atoms with Crippen LogP contribution in [0.2, 0.25) is 0 Å². The van der Waals surface area contributed by atoms with E-state index in [-0.39, 0.29) is 24.7 Å². The first-order valence-electron chi connectivity index (χ1n) is 10.3. The molecule has 4 amide bonds. The van der Waals surface area contributed by atoms with Crippen molar-refractivity contribution in [3.63, 3.8) is 0 Å². The first-order chi connectivity index (χ1) is 15.8. The van der Waals surface area contributed by atoms with Gasteiger partial charge in [0.15, 0.2) is 5.82 Å². The van der Waals surface area contributed by atoms with Crippen molar-refractivity contribution < 1.29 is 24.3 Å². The highest BCUT2D eigenvalue weighted by molar-refractivity contribution is 6.04. The van der Waals surface area contributed by atoms with Gasteiger partial charge in [-0.05, 0) is 17.5 Å². The molecular weight excluding hydrogens is 434 g/mol. The van der Waals surface area contributed by atoms with Gasteiger partial charge in [0.25, 0.3) is 0 Å². The SMILES string of the molecule is CC[C@H](C)[C@H](NC(=O)O)C(=O)NCC(=O)N1c2ncccc2C[C@H]1C(=O)NCc1nn[nH]n1. The molecule has 0 unspecified atom stereocenters. The van der Waals surface area contributed by atoms with Crippen molar-refractivity contribution >= 4 is 29.6 Å². The summed E-state index contributed by atoms with van der Waals surface area (Å²) >= 11 is 0. The number of hydrogen-bond donors (Lipinski definition) is 5. The third-order valence-electron chi connectivity index (χ3n) is 5.39. The molecule has 0 aliphatic carbocycles. The minimum atomic E-state index is -1.34. The van der Waals surface area contributed by atoms with E-state index in [2.05, 4.69) is 41.6 Å². The van der Waals surface area contributed by atoms with Crippen LogP contribution < -0.4 is 20.9 Å². The Kier molecular flexibility index (Phi) is 7.48. The molecule has 0 aromatic carbocycles. The van der Waals surface area contributed by atoms with Crippen LogP contribution in [0.5, 0.6) is 0 Å². The molecule has 176 valence electrons. The van der Waals surface area contributed by atoms with E-state index >= 15 is 0 Å². The molecule has 0 radical (unpaired) electrons. The number of fused-ring (bicyclic) bond motifs is 1. The molecule has 2 aromatic heterocycles. The van der Waals surface area contributed by atoms with Crippen molar-refractivity contribution in [3.05, 3.63) is 29.7 Å². The summed E-state index contributed by atoms with van der Waals surface area (Å²) in [4.78, 5) is 55.0. The van der Waals surface area contributed by atoms with Crippen molar-refractivity contribution in [3.8, 4) is 0 Å². The zero-order valence-corrected chi connectivity index (χ0v) is 18.1. The van der Waals surface area contributed by atoms with Gasteiger partial charge in [0, 0.05) is 12.6 Å². The molecule has 1 aliphatic rings. The topological polar surface area (TPSA) is 195 Å². The maximum Gasteiger partial charge on any atom is 0.405 e. The Morgan fingerprint density at radius 3 is 2.76 bits per heavy atom. The zero-order valence-electron chi connectivity index (χ0n) is 18.1. The van der Waals surface area contributed by atoms with Crippen LogP contribution in [0.4, 0.5) is 10.6 Å². The summed E-state index contributed by atoms with van der Waals surface area (Å²) in [5.41, 5.74) is 0.710. The molecule has 0 saturated carbocycles. The van der Waals surface area contributed by atoms with Crippen LogP contribution in [0.25, 0.3) is 0 Å². The van der Waals surface area contributed by atoms with Crippen LogP contribution in [0, 0.1) is 5.92 Å². The summed E-state index contributed by atoms with van der Waals surface area (Å²) in [5, 5.41) is 29.6. The third kappa shape index (κ3) is 5.58. The molecule has 14 heteroatoms. The third-order valence-corrected chi connectivity index (χ3v) is 5.39. The van der Waals surface area contributed by atoms with E-state index < -0.39 is 42.4 Å². The van der Waals surface area contributed by atoms with E-state index in [0.717, 1.165) is 0 Å². The Balaban J connectivity index is 1.70. The van der Waals surface area contributed by atoms with Crippen LogP contribution in [0.1, 0.15) is 31.7 Å². The molecule has 0 saturated heterocycles. The first-order valence-corrected chi connectivity index (χ1v) is 10.3. The lowest BCUT2D eigenvalue weighted by Crippen LogP contribution is -2.54. The highest BCUT2D eigenvalue weighted by Gasteiger charge is 2.39. The maximum absolute atomic E-state index is 13.1. The Labute approximate surface area is 188 Å². The number of tetrazole rings is 1. The van der Waals surface area contributed by atoms with Crippen molar-refractivity contribution in [2.24, 2.45) is 5.92 Å². The van der Waals surface area contributed by atoms with Gasteiger partial charge in [0.1, 0.15) is 17.9 Å². The number of rotatable bonds is 9. The fourth-order valence-electron chi connectivity index (χ4n) is 3.49.